The summed E-state index contributed by atoms with van der Waals surface area (Å²) < 4.78 is 38.8. The number of aliphatic hydroxyl groups is 1. The molecule has 0 unspecified atom stereocenters. The minimum atomic E-state index is -4.15. The number of amides is 1. The predicted octanol–water partition coefficient (Wildman–Crippen LogP) is 3.43. The number of hydrogen-bond donors (Lipinski definition) is 2. The zero-order chi connectivity index (χ0) is 20.5. The number of pyridine rings is 1. The molecule has 1 atom stereocenters. The summed E-state index contributed by atoms with van der Waals surface area (Å²) in [5.41, 5.74) is 1.20. The molecule has 1 aromatic carbocycles. The van der Waals surface area contributed by atoms with Gasteiger partial charge in [0.05, 0.1) is 12.5 Å². The molecule has 8 heteroatoms. The summed E-state index contributed by atoms with van der Waals surface area (Å²) in [5, 5.41) is 13.4. The Labute approximate surface area is 161 Å². The number of fused-ring (bicyclic) bond motifs is 1. The molecule has 0 saturated carbocycles. The van der Waals surface area contributed by atoms with Crippen LogP contribution in [-0.4, -0.2) is 47.9 Å². The van der Waals surface area contributed by atoms with Crippen molar-refractivity contribution in [3.05, 3.63) is 35.5 Å². The van der Waals surface area contributed by atoms with Gasteiger partial charge in [-0.05, 0) is 56.3 Å². The van der Waals surface area contributed by atoms with Gasteiger partial charge in [-0.2, -0.15) is 13.2 Å². The van der Waals surface area contributed by atoms with E-state index in [2.05, 4.69) is 10.3 Å². The zero-order valence-electron chi connectivity index (χ0n) is 15.9. The van der Waals surface area contributed by atoms with E-state index in [9.17, 15) is 18.0 Å². The third-order valence-corrected chi connectivity index (χ3v) is 5.11. The van der Waals surface area contributed by atoms with Gasteiger partial charge >= 0.3 is 6.18 Å². The number of piperidine rings is 1. The van der Waals surface area contributed by atoms with Gasteiger partial charge in [-0.15, -0.1) is 0 Å². The molecule has 1 aliphatic heterocycles. The number of aromatic nitrogens is 1. The number of aliphatic hydroxyl groups excluding tert-OH is 1. The zero-order valence-corrected chi connectivity index (χ0v) is 15.9. The lowest BCUT2D eigenvalue weighted by atomic mass is 9.96. The van der Waals surface area contributed by atoms with Crippen molar-refractivity contribution >= 4 is 22.5 Å². The van der Waals surface area contributed by atoms with E-state index in [0.29, 0.717) is 24.5 Å². The summed E-state index contributed by atoms with van der Waals surface area (Å²) in [6, 6.07) is 6.70. The third-order valence-electron chi connectivity index (χ3n) is 5.11. The second kappa shape index (κ2) is 7.95. The maximum atomic E-state index is 12.9. The largest absolute Gasteiger partial charge is 0.394 e. The Morgan fingerprint density at radius 1 is 1.32 bits per heavy atom. The average Bonchev–Trinajstić information content (AvgIpc) is 2.66. The number of nitrogens with zero attached hydrogens (tertiary/aromatic N) is 2. The van der Waals surface area contributed by atoms with Gasteiger partial charge in [0.1, 0.15) is 5.82 Å². The van der Waals surface area contributed by atoms with E-state index >= 15 is 0 Å². The van der Waals surface area contributed by atoms with Crippen LogP contribution >= 0.6 is 0 Å². The average molecular weight is 395 g/mol. The van der Waals surface area contributed by atoms with Gasteiger partial charge in [0.25, 0.3) is 5.91 Å². The minimum Gasteiger partial charge on any atom is -0.394 e. The van der Waals surface area contributed by atoms with E-state index in [1.54, 1.807) is 25.1 Å². The lowest BCUT2D eigenvalue weighted by Gasteiger charge is -2.34. The van der Waals surface area contributed by atoms with E-state index in [0.717, 1.165) is 16.5 Å². The standard InChI is InChI=1S/C20H24F3N3O2/c1-12-9-15-10-14(19(28)25-13(2)11-27)3-4-17(15)18(24-12)26-7-5-16(6-8-26)20(21,22)23/h3-4,9-10,13,16,27H,5-8,11H2,1-2H3,(H,25,28)/t13-/m1/s1. The maximum absolute atomic E-state index is 12.9. The molecule has 2 heterocycles. The third kappa shape index (κ3) is 4.38. The molecule has 0 spiro atoms. The number of carbonyl (C=O) groups is 1. The number of benzene rings is 1. The molecule has 3 rings (SSSR count). The fourth-order valence-electron chi connectivity index (χ4n) is 3.52. The minimum absolute atomic E-state index is 0.0557. The monoisotopic (exact) mass is 395 g/mol. The Morgan fingerprint density at radius 3 is 2.61 bits per heavy atom. The highest BCUT2D eigenvalue weighted by molar-refractivity contribution is 6.01. The second-order valence-electron chi connectivity index (χ2n) is 7.38. The first-order chi connectivity index (χ1) is 13.2. The lowest BCUT2D eigenvalue weighted by molar-refractivity contribution is -0.179. The summed E-state index contributed by atoms with van der Waals surface area (Å²) in [6.07, 6.45) is -4.04. The summed E-state index contributed by atoms with van der Waals surface area (Å²) >= 11 is 0. The van der Waals surface area contributed by atoms with Gasteiger partial charge in [0.15, 0.2) is 0 Å². The summed E-state index contributed by atoms with van der Waals surface area (Å²) in [7, 11) is 0. The molecule has 2 aromatic rings. The van der Waals surface area contributed by atoms with Gasteiger partial charge in [0, 0.05) is 35.8 Å². The molecule has 0 radical (unpaired) electrons. The predicted molar refractivity (Wildman–Crippen MR) is 101 cm³/mol. The van der Waals surface area contributed by atoms with E-state index in [1.165, 1.54) is 0 Å². The van der Waals surface area contributed by atoms with Crippen LogP contribution in [0.4, 0.5) is 19.0 Å². The van der Waals surface area contributed by atoms with E-state index in [4.69, 9.17) is 5.11 Å². The molecule has 152 valence electrons. The van der Waals surface area contributed by atoms with Crippen molar-refractivity contribution < 1.29 is 23.1 Å². The first-order valence-corrected chi connectivity index (χ1v) is 9.34. The van der Waals surface area contributed by atoms with E-state index in [-0.39, 0.29) is 31.4 Å². The van der Waals surface area contributed by atoms with Gasteiger partial charge in [0.2, 0.25) is 0 Å². The Balaban J connectivity index is 1.87. The van der Waals surface area contributed by atoms with Gasteiger partial charge < -0.3 is 15.3 Å². The Morgan fingerprint density at radius 2 is 2.00 bits per heavy atom. The smallest absolute Gasteiger partial charge is 0.391 e. The van der Waals surface area contributed by atoms with Crippen LogP contribution in [0, 0.1) is 12.8 Å². The maximum Gasteiger partial charge on any atom is 0.391 e. The van der Waals surface area contributed by atoms with E-state index < -0.39 is 12.1 Å². The van der Waals surface area contributed by atoms with Gasteiger partial charge in [-0.25, -0.2) is 4.98 Å². The molecule has 28 heavy (non-hydrogen) atoms. The fraction of sp³-hybridized carbons (Fsp3) is 0.500. The number of rotatable bonds is 4. The van der Waals surface area contributed by atoms with Crippen LogP contribution in [0.3, 0.4) is 0 Å². The van der Waals surface area contributed by atoms with E-state index in [1.807, 2.05) is 17.9 Å². The number of hydrogen-bond acceptors (Lipinski definition) is 4. The fourth-order valence-corrected chi connectivity index (χ4v) is 3.52. The molecule has 5 nitrogen and oxygen atoms in total. The Bertz CT molecular complexity index is 862. The van der Waals surface area contributed by atoms with Crippen molar-refractivity contribution in [1.82, 2.24) is 10.3 Å². The van der Waals surface area contributed by atoms with Crippen LogP contribution in [0.5, 0.6) is 0 Å². The second-order valence-corrected chi connectivity index (χ2v) is 7.38. The molecule has 1 amide bonds. The highest BCUT2D eigenvalue weighted by atomic mass is 19.4. The van der Waals surface area contributed by atoms with Crippen molar-refractivity contribution in [1.29, 1.82) is 0 Å². The van der Waals surface area contributed by atoms with Crippen molar-refractivity contribution in [3.63, 3.8) is 0 Å². The first kappa shape index (κ1) is 20.4. The van der Waals surface area contributed by atoms with Crippen LogP contribution in [-0.2, 0) is 0 Å². The molecule has 0 aliphatic carbocycles. The summed E-state index contributed by atoms with van der Waals surface area (Å²) in [5.74, 6) is -0.889. The summed E-state index contributed by atoms with van der Waals surface area (Å²) in [6.45, 7) is 3.97. The number of nitrogens with one attached hydrogen (secondary N) is 1. The normalized spacial score (nSPS) is 17.0. The van der Waals surface area contributed by atoms with Crippen LogP contribution < -0.4 is 10.2 Å². The van der Waals surface area contributed by atoms with Gasteiger partial charge in [-0.3, -0.25) is 4.79 Å². The molecular formula is C20H24F3N3O2. The van der Waals surface area contributed by atoms with Crippen LogP contribution in [0.25, 0.3) is 10.8 Å². The number of carbonyl (C=O) groups excluding carboxylic acids is 1. The quantitative estimate of drug-likeness (QED) is 0.833. The molecule has 1 aromatic heterocycles. The number of aryl methyl sites for hydroxylation is 1. The molecular weight excluding hydrogens is 371 g/mol. The Kier molecular flexibility index (Phi) is 5.79. The van der Waals surface area contributed by atoms with Crippen molar-refractivity contribution in [2.24, 2.45) is 5.92 Å². The van der Waals surface area contributed by atoms with Crippen LogP contribution in [0.1, 0.15) is 35.8 Å². The first-order valence-electron chi connectivity index (χ1n) is 9.34. The van der Waals surface area contributed by atoms with Crippen molar-refractivity contribution in [2.45, 2.75) is 38.9 Å². The number of anilines is 1. The van der Waals surface area contributed by atoms with Crippen molar-refractivity contribution in [2.75, 3.05) is 24.6 Å². The highest BCUT2D eigenvalue weighted by Crippen LogP contribution is 2.36. The van der Waals surface area contributed by atoms with Crippen LogP contribution in [0.15, 0.2) is 24.3 Å². The molecule has 1 aliphatic rings. The lowest BCUT2D eigenvalue weighted by Crippen LogP contribution is -2.39. The number of alkyl halides is 3. The van der Waals surface area contributed by atoms with Crippen molar-refractivity contribution in [3.8, 4) is 0 Å². The molecule has 0 bridgehead atoms. The van der Waals surface area contributed by atoms with Crippen LogP contribution in [0.2, 0.25) is 0 Å². The number of halogens is 3. The highest BCUT2D eigenvalue weighted by Gasteiger charge is 2.41. The molecule has 1 saturated heterocycles. The Hall–Kier alpha value is -2.35. The molecule has 2 N–H and O–H groups in total. The summed E-state index contributed by atoms with van der Waals surface area (Å²) in [4.78, 5) is 18.8. The molecule has 1 fully saturated rings. The SMILES string of the molecule is Cc1cc2cc(C(=O)N[C@H](C)CO)ccc2c(N2CCC(C(F)(F)F)CC2)n1. The topological polar surface area (TPSA) is 65.5 Å². The van der Waals surface area contributed by atoms with Gasteiger partial charge in [-0.1, -0.05) is 0 Å².